The summed E-state index contributed by atoms with van der Waals surface area (Å²) < 4.78 is 6.05. The van der Waals surface area contributed by atoms with Crippen LogP contribution in [0, 0.1) is 0 Å². The molecule has 158 valence electrons. The van der Waals surface area contributed by atoms with Crippen LogP contribution in [0.5, 0.6) is 5.75 Å². The Hall–Kier alpha value is -3.18. The zero-order valence-electron chi connectivity index (χ0n) is 18.0. The minimum atomic E-state index is 0.578. The highest BCUT2D eigenvalue weighted by atomic mass is 16.5. The van der Waals surface area contributed by atoms with Gasteiger partial charge in [-0.15, -0.1) is 0 Å². The first-order valence-corrected chi connectivity index (χ1v) is 11.1. The molecule has 0 bridgehead atoms. The van der Waals surface area contributed by atoms with Gasteiger partial charge < -0.3 is 9.72 Å². The van der Waals surface area contributed by atoms with Crippen LogP contribution < -0.4 is 4.74 Å². The summed E-state index contributed by atoms with van der Waals surface area (Å²) in [5.74, 6) is 1.87. The Morgan fingerprint density at radius 3 is 2.90 bits per heavy atom. The Morgan fingerprint density at radius 1 is 1.13 bits per heavy atom. The molecular weight excluding hydrogens is 384 g/mol. The summed E-state index contributed by atoms with van der Waals surface area (Å²) in [5.41, 5.74) is 6.11. The average Bonchev–Trinajstić information content (AvgIpc) is 3.20. The number of fused-ring (bicyclic) bond motifs is 2. The van der Waals surface area contributed by atoms with E-state index in [0.29, 0.717) is 6.61 Å². The van der Waals surface area contributed by atoms with Crippen molar-refractivity contribution in [3.8, 4) is 5.75 Å². The highest BCUT2D eigenvalue weighted by molar-refractivity contribution is 5.84. The molecule has 0 amide bonds. The lowest BCUT2D eigenvalue weighted by atomic mass is 10.1. The molecule has 4 aromatic rings. The van der Waals surface area contributed by atoms with Crippen LogP contribution in [-0.2, 0) is 32.5 Å². The van der Waals surface area contributed by atoms with Gasteiger partial charge in [0.25, 0.3) is 0 Å². The van der Waals surface area contributed by atoms with Gasteiger partial charge in [-0.25, -0.2) is 9.97 Å². The van der Waals surface area contributed by atoms with Crippen LogP contribution in [0.4, 0.5) is 0 Å². The Balaban J connectivity index is 1.30. The lowest BCUT2D eigenvalue weighted by Crippen LogP contribution is -2.31. The van der Waals surface area contributed by atoms with Crippen molar-refractivity contribution in [2.75, 3.05) is 6.54 Å². The monoisotopic (exact) mass is 412 g/mol. The molecule has 0 unspecified atom stereocenters. The molecule has 1 N–H and O–H groups in total. The Morgan fingerprint density at radius 2 is 2.03 bits per heavy atom. The molecule has 0 aliphatic carbocycles. The van der Waals surface area contributed by atoms with E-state index in [0.717, 1.165) is 56.0 Å². The zero-order chi connectivity index (χ0) is 21.0. The molecule has 31 heavy (non-hydrogen) atoms. The van der Waals surface area contributed by atoms with E-state index < -0.39 is 0 Å². The van der Waals surface area contributed by atoms with Crippen LogP contribution in [0.1, 0.15) is 41.6 Å². The first-order chi connectivity index (χ1) is 15.3. The van der Waals surface area contributed by atoms with Gasteiger partial charge in [-0.1, -0.05) is 37.3 Å². The third-order valence-electron chi connectivity index (χ3n) is 5.93. The van der Waals surface area contributed by atoms with Gasteiger partial charge in [-0.3, -0.25) is 4.90 Å². The van der Waals surface area contributed by atoms with E-state index in [1.165, 1.54) is 27.8 Å². The average molecular weight is 413 g/mol. The predicted molar refractivity (Wildman–Crippen MR) is 123 cm³/mol. The summed E-state index contributed by atoms with van der Waals surface area (Å²) in [6, 6.07) is 16.6. The number of aryl methyl sites for hydroxylation is 1. The van der Waals surface area contributed by atoms with Gasteiger partial charge in [-0.2, -0.15) is 0 Å². The normalized spacial score (nSPS) is 14.0. The fourth-order valence-electron chi connectivity index (χ4n) is 4.24. The molecule has 2 aromatic heterocycles. The minimum absolute atomic E-state index is 0.578. The van der Waals surface area contributed by atoms with E-state index in [1.54, 1.807) is 0 Å². The molecule has 1 aliphatic rings. The highest BCUT2D eigenvalue weighted by Crippen LogP contribution is 2.27. The first-order valence-electron chi connectivity index (χ1n) is 11.1. The molecule has 1 aliphatic heterocycles. The van der Waals surface area contributed by atoms with Gasteiger partial charge in [0.2, 0.25) is 0 Å². The van der Waals surface area contributed by atoms with Gasteiger partial charge in [0.1, 0.15) is 18.2 Å². The number of benzene rings is 2. The topological polar surface area (TPSA) is 54.0 Å². The number of hydrogen-bond donors (Lipinski definition) is 1. The molecule has 5 rings (SSSR count). The summed E-state index contributed by atoms with van der Waals surface area (Å²) >= 11 is 0. The summed E-state index contributed by atoms with van der Waals surface area (Å²) in [5, 5.41) is 1.23. The number of hydrogen-bond acceptors (Lipinski definition) is 4. The van der Waals surface area contributed by atoms with E-state index >= 15 is 0 Å². The third kappa shape index (κ3) is 4.47. The van der Waals surface area contributed by atoms with Crippen molar-refractivity contribution >= 4 is 10.9 Å². The van der Waals surface area contributed by atoms with Gasteiger partial charge in [0.05, 0.1) is 5.69 Å². The van der Waals surface area contributed by atoms with Crippen molar-refractivity contribution in [2.24, 2.45) is 0 Å². The largest absolute Gasteiger partial charge is 0.489 e. The molecule has 5 heteroatoms. The summed E-state index contributed by atoms with van der Waals surface area (Å²) in [7, 11) is 0. The highest BCUT2D eigenvalue weighted by Gasteiger charge is 2.19. The van der Waals surface area contributed by atoms with Crippen molar-refractivity contribution in [3.63, 3.8) is 0 Å². The van der Waals surface area contributed by atoms with Crippen molar-refractivity contribution in [2.45, 2.75) is 45.9 Å². The van der Waals surface area contributed by atoms with Crippen LogP contribution in [0.15, 0.2) is 60.9 Å². The molecule has 2 aromatic carbocycles. The minimum Gasteiger partial charge on any atom is -0.489 e. The second kappa shape index (κ2) is 8.90. The molecule has 0 radical (unpaired) electrons. The van der Waals surface area contributed by atoms with Crippen LogP contribution in [0.3, 0.4) is 0 Å². The Bertz CT molecular complexity index is 1170. The van der Waals surface area contributed by atoms with Gasteiger partial charge >= 0.3 is 0 Å². The van der Waals surface area contributed by atoms with Crippen LogP contribution in [0.25, 0.3) is 10.9 Å². The summed E-state index contributed by atoms with van der Waals surface area (Å²) in [6.07, 6.45) is 7.19. The van der Waals surface area contributed by atoms with Crippen LogP contribution >= 0.6 is 0 Å². The van der Waals surface area contributed by atoms with Crippen molar-refractivity contribution in [3.05, 3.63) is 89.1 Å². The van der Waals surface area contributed by atoms with E-state index in [4.69, 9.17) is 9.72 Å². The molecule has 0 spiro atoms. The summed E-state index contributed by atoms with van der Waals surface area (Å²) in [4.78, 5) is 15.2. The van der Waals surface area contributed by atoms with Gasteiger partial charge in [0, 0.05) is 49.4 Å². The van der Waals surface area contributed by atoms with Crippen molar-refractivity contribution in [1.29, 1.82) is 0 Å². The molecule has 5 nitrogen and oxygen atoms in total. The number of nitrogens with zero attached hydrogens (tertiary/aromatic N) is 3. The number of H-pyrrole nitrogens is 1. The molecule has 0 fully saturated rings. The molecule has 0 saturated heterocycles. The fraction of sp³-hybridized carbons (Fsp3) is 0.308. The van der Waals surface area contributed by atoms with E-state index in [9.17, 15) is 0 Å². The number of aromatic nitrogens is 3. The number of nitrogens with one attached hydrogen (secondary N) is 1. The number of aromatic amines is 1. The standard InChI is InChI=1S/C26H28N4O/c1-2-6-26-28-14-20-11-12-30(17-25(20)29-26)16-21-15-27-24-10-9-22(13-23(21)24)31-18-19-7-4-3-5-8-19/h3-5,7-10,13-15,27H,2,6,11-12,16-18H2,1H3. The lowest BCUT2D eigenvalue weighted by molar-refractivity contribution is 0.241. The maximum absolute atomic E-state index is 6.05. The first kappa shape index (κ1) is 19.8. The molecule has 3 heterocycles. The van der Waals surface area contributed by atoms with Crippen molar-refractivity contribution in [1.82, 2.24) is 19.9 Å². The second-order valence-corrected chi connectivity index (χ2v) is 8.26. The van der Waals surface area contributed by atoms with E-state index in [-0.39, 0.29) is 0 Å². The maximum atomic E-state index is 6.05. The fourth-order valence-corrected chi connectivity index (χ4v) is 4.24. The van der Waals surface area contributed by atoms with Crippen LogP contribution in [0.2, 0.25) is 0 Å². The maximum Gasteiger partial charge on any atom is 0.128 e. The lowest BCUT2D eigenvalue weighted by Gasteiger charge is -2.27. The summed E-state index contributed by atoms with van der Waals surface area (Å²) in [6.45, 7) is 5.55. The smallest absolute Gasteiger partial charge is 0.128 e. The van der Waals surface area contributed by atoms with Gasteiger partial charge in [-0.05, 0) is 47.7 Å². The Kier molecular flexibility index (Phi) is 5.67. The third-order valence-corrected chi connectivity index (χ3v) is 5.93. The number of rotatable bonds is 7. The number of ether oxygens (including phenoxy) is 1. The quantitative estimate of drug-likeness (QED) is 0.462. The van der Waals surface area contributed by atoms with Gasteiger partial charge in [0.15, 0.2) is 0 Å². The Labute approximate surface area is 183 Å². The molecular formula is C26H28N4O. The van der Waals surface area contributed by atoms with Crippen LogP contribution in [-0.4, -0.2) is 26.4 Å². The SMILES string of the molecule is CCCc1ncc2c(n1)CN(Cc1c[nH]c3ccc(OCc4ccccc4)cc13)CC2. The predicted octanol–water partition coefficient (Wildman–Crippen LogP) is 5.05. The molecule has 0 saturated carbocycles. The van der Waals surface area contributed by atoms with E-state index in [1.807, 2.05) is 30.5 Å². The molecule has 0 atom stereocenters. The second-order valence-electron chi connectivity index (χ2n) is 8.26. The van der Waals surface area contributed by atoms with Crippen molar-refractivity contribution < 1.29 is 4.74 Å². The zero-order valence-corrected chi connectivity index (χ0v) is 18.0. The van der Waals surface area contributed by atoms with E-state index in [2.05, 4.69) is 52.3 Å².